The predicted octanol–water partition coefficient (Wildman–Crippen LogP) is 4.62. The minimum absolute atomic E-state index is 0.198. The van der Waals surface area contributed by atoms with Gasteiger partial charge in [0.05, 0.1) is 6.54 Å². The maximum atomic E-state index is 13.1. The van der Waals surface area contributed by atoms with Gasteiger partial charge < -0.3 is 5.21 Å². The molecule has 4 aliphatic rings. The first-order valence-corrected chi connectivity index (χ1v) is 12.8. The summed E-state index contributed by atoms with van der Waals surface area (Å²) in [7, 11) is 0. The van der Waals surface area contributed by atoms with Crippen molar-refractivity contribution in [1.29, 1.82) is 0 Å². The second kappa shape index (κ2) is 10.4. The molecule has 4 bridgehead atoms. The van der Waals surface area contributed by atoms with Crippen molar-refractivity contribution < 1.29 is 9.86 Å². The number of urea groups is 1. The number of rotatable bonds is 11. The molecule has 0 spiro atoms. The number of quaternary nitrogens is 1. The van der Waals surface area contributed by atoms with Gasteiger partial charge >= 0.3 is 6.03 Å². The molecule has 5 nitrogen and oxygen atoms in total. The largest absolute Gasteiger partial charge is 0.625 e. The van der Waals surface area contributed by atoms with Crippen molar-refractivity contribution in [2.75, 3.05) is 19.6 Å². The number of amides is 2. The molecule has 1 atom stereocenters. The third-order valence-corrected chi connectivity index (χ3v) is 8.25. The van der Waals surface area contributed by atoms with Crippen LogP contribution < -0.4 is 5.06 Å². The van der Waals surface area contributed by atoms with E-state index in [-0.39, 0.29) is 11.1 Å². The Kier molecular flexibility index (Phi) is 7.65. The molecule has 0 aliphatic heterocycles. The maximum absolute atomic E-state index is 13.1. The van der Waals surface area contributed by atoms with E-state index in [0.29, 0.717) is 12.0 Å². The van der Waals surface area contributed by atoms with Crippen LogP contribution in [0.3, 0.4) is 0 Å². The van der Waals surface area contributed by atoms with Gasteiger partial charge in [-0.05, 0) is 98.7 Å². The molecule has 0 saturated heterocycles. The zero-order chi connectivity index (χ0) is 21.7. The smallest absolute Gasteiger partial charge is 0.417 e. The van der Waals surface area contributed by atoms with Crippen molar-refractivity contribution in [2.24, 2.45) is 23.2 Å². The number of hydrogen-bond acceptors (Lipinski definition) is 3. The molecule has 1 aromatic rings. The summed E-state index contributed by atoms with van der Waals surface area (Å²) in [4.78, 5) is 19.0. The third-order valence-electron chi connectivity index (χ3n) is 8.25. The Labute approximate surface area is 188 Å². The molecule has 1 heterocycles. The van der Waals surface area contributed by atoms with E-state index in [0.717, 1.165) is 69.4 Å². The SMILES string of the molecule is CCCCCN(CCC12CC3CC(CC(C3)C1)C2)C(=O)[NH+]([O-])CCCc1ccncc1. The van der Waals surface area contributed by atoms with Gasteiger partial charge in [0.1, 0.15) is 0 Å². The summed E-state index contributed by atoms with van der Waals surface area (Å²) in [5.41, 5.74) is 1.64. The van der Waals surface area contributed by atoms with E-state index < -0.39 is 0 Å². The van der Waals surface area contributed by atoms with Gasteiger partial charge in [-0.2, -0.15) is 0 Å². The van der Waals surface area contributed by atoms with Gasteiger partial charge in [0, 0.05) is 31.9 Å². The molecule has 172 valence electrons. The van der Waals surface area contributed by atoms with Gasteiger partial charge in [0.2, 0.25) is 0 Å². The molecule has 31 heavy (non-hydrogen) atoms. The van der Waals surface area contributed by atoms with Crippen molar-refractivity contribution in [3.05, 3.63) is 35.3 Å². The van der Waals surface area contributed by atoms with Crippen LogP contribution in [0.25, 0.3) is 0 Å². The molecule has 0 radical (unpaired) electrons. The van der Waals surface area contributed by atoms with Gasteiger partial charge in [-0.25, -0.2) is 4.79 Å². The average molecular weight is 428 g/mol. The van der Waals surface area contributed by atoms with E-state index in [1.54, 1.807) is 12.4 Å². The number of aryl methyl sites for hydroxylation is 1. The summed E-state index contributed by atoms with van der Waals surface area (Å²) in [6.45, 7) is 4.06. The average Bonchev–Trinajstić information content (AvgIpc) is 2.75. The van der Waals surface area contributed by atoms with E-state index >= 15 is 0 Å². The van der Waals surface area contributed by atoms with Gasteiger partial charge in [-0.1, -0.05) is 19.8 Å². The van der Waals surface area contributed by atoms with Crippen molar-refractivity contribution in [3.8, 4) is 0 Å². The Morgan fingerprint density at radius 1 is 1.06 bits per heavy atom. The number of nitrogens with zero attached hydrogens (tertiary/aromatic N) is 2. The molecular formula is C26H41N3O2. The standard InChI is InChI=1S/C26H41N3O2/c1-2-3-4-12-28(25(30)29(31)13-5-6-21-7-10-27-11-8-21)14-9-26-18-22-15-23(19-26)17-24(16-22)20-26/h7-8,10-11,22-24,29H,2-6,9,12-20H2,1H3. The van der Waals surface area contributed by atoms with Gasteiger partial charge in [-0.15, -0.1) is 0 Å². The fourth-order valence-corrected chi connectivity index (χ4v) is 7.12. The summed E-state index contributed by atoms with van der Waals surface area (Å²) < 4.78 is 0. The second-order valence-electron chi connectivity index (χ2n) is 10.8. The lowest BCUT2D eigenvalue weighted by Crippen LogP contribution is -3.11. The quantitative estimate of drug-likeness (QED) is 0.414. The molecule has 2 amide bonds. The lowest BCUT2D eigenvalue weighted by atomic mass is 9.49. The number of nitrogens with one attached hydrogen (secondary N) is 1. The molecule has 1 aromatic heterocycles. The minimum atomic E-state index is -0.226. The van der Waals surface area contributed by atoms with Gasteiger partial charge in [0.15, 0.2) is 0 Å². The van der Waals surface area contributed by atoms with Gasteiger partial charge in [0.25, 0.3) is 0 Å². The van der Waals surface area contributed by atoms with E-state index in [1.807, 2.05) is 17.0 Å². The summed E-state index contributed by atoms with van der Waals surface area (Å²) in [5, 5.41) is 12.5. The number of aromatic nitrogens is 1. The molecule has 0 aromatic carbocycles. The second-order valence-corrected chi connectivity index (χ2v) is 10.8. The predicted molar refractivity (Wildman–Crippen MR) is 123 cm³/mol. The summed E-state index contributed by atoms with van der Waals surface area (Å²) in [5.74, 6) is 2.81. The van der Waals surface area contributed by atoms with Crippen LogP contribution in [0.4, 0.5) is 4.79 Å². The highest BCUT2D eigenvalue weighted by atomic mass is 16.5. The van der Waals surface area contributed by atoms with Crippen molar-refractivity contribution >= 4 is 6.03 Å². The fourth-order valence-electron chi connectivity index (χ4n) is 7.12. The Morgan fingerprint density at radius 3 is 2.32 bits per heavy atom. The molecule has 4 saturated carbocycles. The number of pyridine rings is 1. The Balaban J connectivity index is 1.30. The lowest BCUT2D eigenvalue weighted by Gasteiger charge is -2.57. The molecule has 4 aliphatic carbocycles. The fraction of sp³-hybridized carbons (Fsp3) is 0.769. The molecule has 1 unspecified atom stereocenters. The van der Waals surface area contributed by atoms with E-state index in [1.165, 1.54) is 44.1 Å². The first-order valence-electron chi connectivity index (χ1n) is 12.8. The van der Waals surface area contributed by atoms with Crippen LogP contribution in [0.5, 0.6) is 0 Å². The van der Waals surface area contributed by atoms with E-state index in [9.17, 15) is 10.0 Å². The van der Waals surface area contributed by atoms with Crippen LogP contribution in [0.2, 0.25) is 0 Å². The summed E-state index contributed by atoms with van der Waals surface area (Å²) in [6, 6.07) is 3.74. The minimum Gasteiger partial charge on any atom is -0.625 e. The number of carbonyl (C=O) groups excluding carboxylic acids is 1. The molecule has 1 N–H and O–H groups in total. The lowest BCUT2D eigenvalue weighted by molar-refractivity contribution is -0.763. The Bertz CT molecular complexity index is 673. The number of hydroxylamine groups is 2. The normalized spacial score (nSPS) is 29.8. The number of hydrogen-bond donors (Lipinski definition) is 1. The first kappa shape index (κ1) is 22.7. The van der Waals surface area contributed by atoms with E-state index in [4.69, 9.17) is 0 Å². The third kappa shape index (κ3) is 5.87. The van der Waals surface area contributed by atoms with Crippen LogP contribution in [-0.2, 0) is 6.42 Å². The van der Waals surface area contributed by atoms with Gasteiger partial charge in [-0.3, -0.25) is 14.9 Å². The Hall–Kier alpha value is -1.46. The zero-order valence-corrected chi connectivity index (χ0v) is 19.4. The van der Waals surface area contributed by atoms with Crippen LogP contribution in [0.1, 0.15) is 83.1 Å². The highest BCUT2D eigenvalue weighted by molar-refractivity contribution is 5.64. The molecule has 4 fully saturated rings. The zero-order valence-electron chi connectivity index (χ0n) is 19.4. The molecular weight excluding hydrogens is 386 g/mol. The summed E-state index contributed by atoms with van der Waals surface area (Å²) in [6.07, 6.45) is 18.0. The highest BCUT2D eigenvalue weighted by Gasteiger charge is 2.50. The molecule has 5 rings (SSSR count). The maximum Gasteiger partial charge on any atom is 0.417 e. The Morgan fingerprint density at radius 2 is 1.71 bits per heavy atom. The van der Waals surface area contributed by atoms with E-state index in [2.05, 4.69) is 11.9 Å². The molecule has 5 heteroatoms. The van der Waals surface area contributed by atoms with Crippen molar-refractivity contribution in [2.45, 2.75) is 84.0 Å². The van der Waals surface area contributed by atoms with Crippen LogP contribution in [0, 0.1) is 28.4 Å². The van der Waals surface area contributed by atoms with Crippen LogP contribution in [-0.4, -0.2) is 35.5 Å². The van der Waals surface area contributed by atoms with Crippen LogP contribution in [0.15, 0.2) is 24.5 Å². The summed E-state index contributed by atoms with van der Waals surface area (Å²) >= 11 is 0. The first-order chi connectivity index (χ1) is 15.1. The monoisotopic (exact) mass is 427 g/mol. The number of unbranched alkanes of at least 4 members (excludes halogenated alkanes) is 2. The van der Waals surface area contributed by atoms with Crippen LogP contribution >= 0.6 is 0 Å². The van der Waals surface area contributed by atoms with Crippen molar-refractivity contribution in [3.63, 3.8) is 0 Å². The number of carbonyl (C=O) groups is 1. The van der Waals surface area contributed by atoms with Crippen molar-refractivity contribution in [1.82, 2.24) is 9.88 Å². The topological polar surface area (TPSA) is 60.7 Å². The highest BCUT2D eigenvalue weighted by Crippen LogP contribution is 2.61.